The van der Waals surface area contributed by atoms with Gasteiger partial charge in [0, 0.05) is 12.6 Å². The van der Waals surface area contributed by atoms with Crippen molar-refractivity contribution in [1.29, 1.82) is 0 Å². The summed E-state index contributed by atoms with van der Waals surface area (Å²) in [6, 6.07) is 10.9. The van der Waals surface area contributed by atoms with Gasteiger partial charge in [-0.3, -0.25) is 4.79 Å². The molecule has 1 amide bonds. The van der Waals surface area contributed by atoms with Crippen LogP contribution in [0.5, 0.6) is 5.75 Å². The van der Waals surface area contributed by atoms with Crippen LogP contribution in [-0.4, -0.2) is 49.4 Å². The quantitative estimate of drug-likeness (QED) is 0.727. The number of halogens is 3. The van der Waals surface area contributed by atoms with Crippen LogP contribution in [0.3, 0.4) is 0 Å². The number of hydrogen-bond donors (Lipinski definition) is 0. The van der Waals surface area contributed by atoms with Crippen LogP contribution in [0, 0.1) is 6.92 Å². The fraction of sp³-hybridized carbons (Fsp3) is 0.350. The van der Waals surface area contributed by atoms with Gasteiger partial charge in [-0.25, -0.2) is 8.42 Å². The molecular weight excluding hydrogens is 421 g/mol. The monoisotopic (exact) mass is 442 g/mol. The third-order valence-corrected chi connectivity index (χ3v) is 6.81. The van der Waals surface area contributed by atoms with E-state index in [2.05, 4.69) is 0 Å². The zero-order valence-corrected chi connectivity index (χ0v) is 17.4. The molecule has 162 valence electrons. The van der Waals surface area contributed by atoms with Gasteiger partial charge >= 0.3 is 12.1 Å². The first-order valence-electron chi connectivity index (χ1n) is 9.08. The number of alkyl halides is 3. The van der Waals surface area contributed by atoms with Crippen LogP contribution < -0.4 is 4.74 Å². The van der Waals surface area contributed by atoms with Gasteiger partial charge in [-0.05, 0) is 43.7 Å². The minimum absolute atomic E-state index is 0.0554. The summed E-state index contributed by atoms with van der Waals surface area (Å²) in [5, 5.41) is 0. The van der Waals surface area contributed by atoms with Crippen LogP contribution in [0.15, 0.2) is 53.4 Å². The number of ether oxygens (including phenoxy) is 1. The third kappa shape index (κ3) is 4.01. The Balaban J connectivity index is 2.12. The largest absolute Gasteiger partial charge is 0.497 e. The molecule has 0 aromatic heterocycles. The van der Waals surface area contributed by atoms with Gasteiger partial charge in [0.15, 0.2) is 0 Å². The normalized spacial score (nSPS) is 20.4. The van der Waals surface area contributed by atoms with Gasteiger partial charge in [0.25, 0.3) is 0 Å². The molecule has 1 heterocycles. The highest BCUT2D eigenvalue weighted by Gasteiger charge is 2.53. The van der Waals surface area contributed by atoms with E-state index in [0.29, 0.717) is 10.6 Å². The second-order valence-electron chi connectivity index (χ2n) is 7.09. The van der Waals surface area contributed by atoms with Crippen molar-refractivity contribution in [3.05, 3.63) is 59.7 Å². The molecule has 0 aliphatic carbocycles. The molecule has 10 heteroatoms. The lowest BCUT2D eigenvalue weighted by Gasteiger charge is -2.32. The maximum absolute atomic E-state index is 13.3. The standard InChI is InChI=1S/C20H21F3N2O4S/c1-13-4-10-17(11-5-13)30(27,28)24-12-14(2)25(19(26)20(21,22)23)18(24)15-6-8-16(29-3)9-7-15/h4-11,14,18H,12H2,1-3H3/t14-,18-/m0/s1. The SMILES string of the molecule is COc1ccc([C@@H]2N(C(=O)C(F)(F)F)[C@@H](C)CN2S(=O)(=O)c2ccc(C)cc2)cc1. The predicted molar refractivity (Wildman–Crippen MR) is 103 cm³/mol. The lowest BCUT2D eigenvalue weighted by Crippen LogP contribution is -2.45. The van der Waals surface area contributed by atoms with E-state index in [4.69, 9.17) is 4.74 Å². The van der Waals surface area contributed by atoms with E-state index in [9.17, 15) is 26.4 Å². The van der Waals surface area contributed by atoms with Crippen LogP contribution >= 0.6 is 0 Å². The lowest BCUT2D eigenvalue weighted by molar-refractivity contribution is -0.189. The summed E-state index contributed by atoms with van der Waals surface area (Å²) in [6.45, 7) is 2.91. The minimum Gasteiger partial charge on any atom is -0.497 e. The summed E-state index contributed by atoms with van der Waals surface area (Å²) < 4.78 is 72.5. The van der Waals surface area contributed by atoms with E-state index in [1.807, 2.05) is 0 Å². The second kappa shape index (κ2) is 7.92. The van der Waals surface area contributed by atoms with Crippen LogP contribution in [0.25, 0.3) is 0 Å². The molecule has 0 N–H and O–H groups in total. The summed E-state index contributed by atoms with van der Waals surface area (Å²) in [5.74, 6) is -1.64. The van der Waals surface area contributed by atoms with Crippen molar-refractivity contribution in [3.8, 4) is 5.75 Å². The fourth-order valence-electron chi connectivity index (χ4n) is 3.46. The molecule has 30 heavy (non-hydrogen) atoms. The van der Waals surface area contributed by atoms with Crippen molar-refractivity contribution in [1.82, 2.24) is 9.21 Å². The summed E-state index contributed by atoms with van der Waals surface area (Å²) in [6.07, 6.45) is -6.57. The first kappa shape index (κ1) is 22.1. The van der Waals surface area contributed by atoms with Crippen molar-refractivity contribution in [2.75, 3.05) is 13.7 Å². The van der Waals surface area contributed by atoms with E-state index in [1.54, 1.807) is 19.1 Å². The Labute approximate surface area is 172 Å². The van der Waals surface area contributed by atoms with Crippen molar-refractivity contribution >= 4 is 15.9 Å². The maximum Gasteiger partial charge on any atom is 0.471 e. The first-order chi connectivity index (χ1) is 14.0. The number of amides is 1. The number of carbonyl (C=O) groups is 1. The van der Waals surface area contributed by atoms with E-state index in [1.165, 1.54) is 50.4 Å². The van der Waals surface area contributed by atoms with Gasteiger partial charge in [0.1, 0.15) is 11.9 Å². The molecule has 1 aliphatic rings. The Kier molecular flexibility index (Phi) is 5.83. The van der Waals surface area contributed by atoms with Crippen molar-refractivity contribution in [2.45, 2.75) is 37.1 Å². The number of hydrogen-bond acceptors (Lipinski definition) is 4. The zero-order valence-electron chi connectivity index (χ0n) is 16.6. The average Bonchev–Trinajstić information content (AvgIpc) is 3.04. The Bertz CT molecular complexity index is 1020. The summed E-state index contributed by atoms with van der Waals surface area (Å²) in [7, 11) is -2.74. The highest BCUT2D eigenvalue weighted by atomic mass is 32.2. The van der Waals surface area contributed by atoms with Crippen molar-refractivity contribution in [3.63, 3.8) is 0 Å². The van der Waals surface area contributed by atoms with E-state index in [0.717, 1.165) is 9.87 Å². The Morgan fingerprint density at radius 2 is 1.63 bits per heavy atom. The molecule has 2 aromatic carbocycles. The molecule has 0 saturated carbocycles. The number of nitrogens with zero attached hydrogens (tertiary/aromatic N) is 2. The number of benzene rings is 2. The van der Waals surface area contributed by atoms with Gasteiger partial charge in [0.05, 0.1) is 12.0 Å². The maximum atomic E-state index is 13.3. The van der Waals surface area contributed by atoms with Crippen molar-refractivity contribution in [2.24, 2.45) is 0 Å². The van der Waals surface area contributed by atoms with Crippen LogP contribution in [0.4, 0.5) is 13.2 Å². The van der Waals surface area contributed by atoms with Crippen LogP contribution in [0.1, 0.15) is 24.2 Å². The Morgan fingerprint density at radius 3 is 2.13 bits per heavy atom. The number of sulfonamides is 1. The highest BCUT2D eigenvalue weighted by molar-refractivity contribution is 7.89. The molecule has 0 spiro atoms. The van der Waals surface area contributed by atoms with Gasteiger partial charge in [-0.2, -0.15) is 17.5 Å². The number of rotatable bonds is 4. The molecule has 2 atom stereocenters. The molecule has 2 aromatic rings. The van der Waals surface area contributed by atoms with E-state index >= 15 is 0 Å². The molecular formula is C20H21F3N2O4S. The third-order valence-electron chi connectivity index (χ3n) is 4.97. The topological polar surface area (TPSA) is 66.9 Å². The zero-order chi connectivity index (χ0) is 22.3. The summed E-state index contributed by atoms with van der Waals surface area (Å²) in [4.78, 5) is 12.7. The predicted octanol–water partition coefficient (Wildman–Crippen LogP) is 3.49. The van der Waals surface area contributed by atoms with Crippen LogP contribution in [0.2, 0.25) is 0 Å². The molecule has 0 bridgehead atoms. The number of methoxy groups -OCH3 is 1. The van der Waals surface area contributed by atoms with Gasteiger partial charge in [-0.1, -0.05) is 29.8 Å². The molecule has 1 aliphatic heterocycles. The Morgan fingerprint density at radius 1 is 1.07 bits per heavy atom. The molecule has 0 radical (unpaired) electrons. The fourth-order valence-corrected chi connectivity index (χ4v) is 5.11. The minimum atomic E-state index is -5.14. The van der Waals surface area contributed by atoms with Crippen LogP contribution in [-0.2, 0) is 14.8 Å². The Hall–Kier alpha value is -2.59. The number of carbonyl (C=O) groups excluding carboxylic acids is 1. The number of aryl methyl sites for hydroxylation is 1. The van der Waals surface area contributed by atoms with Gasteiger partial charge in [0.2, 0.25) is 10.0 Å². The summed E-state index contributed by atoms with van der Waals surface area (Å²) in [5.41, 5.74) is 1.07. The first-order valence-corrected chi connectivity index (χ1v) is 10.5. The molecule has 1 saturated heterocycles. The smallest absolute Gasteiger partial charge is 0.471 e. The summed E-state index contributed by atoms with van der Waals surface area (Å²) >= 11 is 0. The van der Waals surface area contributed by atoms with Crippen molar-refractivity contribution < 1.29 is 31.1 Å². The molecule has 3 rings (SSSR count). The highest BCUT2D eigenvalue weighted by Crippen LogP contribution is 2.40. The van der Waals surface area contributed by atoms with Gasteiger partial charge in [-0.15, -0.1) is 0 Å². The van der Waals surface area contributed by atoms with E-state index in [-0.39, 0.29) is 17.0 Å². The van der Waals surface area contributed by atoms with E-state index < -0.39 is 34.3 Å². The lowest BCUT2D eigenvalue weighted by atomic mass is 10.1. The average molecular weight is 442 g/mol. The molecule has 6 nitrogen and oxygen atoms in total. The van der Waals surface area contributed by atoms with Gasteiger partial charge < -0.3 is 9.64 Å². The molecule has 0 unspecified atom stereocenters. The second-order valence-corrected chi connectivity index (χ2v) is 8.98. The molecule has 1 fully saturated rings.